The molecule has 0 radical (unpaired) electrons. The predicted molar refractivity (Wildman–Crippen MR) is 99.4 cm³/mol. The fraction of sp³-hybridized carbons (Fsp3) is 0.526. The molecule has 4 heterocycles. The summed E-state index contributed by atoms with van der Waals surface area (Å²) in [5, 5.41) is 5.15. The van der Waals surface area contributed by atoms with Crippen LogP contribution in [0.2, 0.25) is 0 Å². The molecule has 3 aromatic heterocycles. The number of hydrogen-bond donors (Lipinski definition) is 0. The van der Waals surface area contributed by atoms with E-state index in [-0.39, 0.29) is 0 Å². The van der Waals surface area contributed by atoms with E-state index in [2.05, 4.69) is 56.8 Å². The van der Waals surface area contributed by atoms with Crippen LogP contribution in [0.3, 0.4) is 0 Å². The quantitative estimate of drug-likeness (QED) is 0.713. The highest BCUT2D eigenvalue weighted by Crippen LogP contribution is 2.32. The average Bonchev–Trinajstić information content (AvgIpc) is 3.11. The van der Waals surface area contributed by atoms with Crippen molar-refractivity contribution in [2.24, 2.45) is 0 Å². The smallest absolute Gasteiger partial charge is 0.229 e. The molecule has 1 aliphatic rings. The highest BCUT2D eigenvalue weighted by atomic mass is 16.5. The molecule has 3 aromatic rings. The van der Waals surface area contributed by atoms with Gasteiger partial charge in [0.15, 0.2) is 11.5 Å². The van der Waals surface area contributed by atoms with Crippen LogP contribution in [0.15, 0.2) is 16.9 Å². The number of aromatic nitrogens is 5. The van der Waals surface area contributed by atoms with Gasteiger partial charge in [-0.2, -0.15) is 4.98 Å². The highest BCUT2D eigenvalue weighted by Gasteiger charge is 2.27. The van der Waals surface area contributed by atoms with Crippen LogP contribution in [0.5, 0.6) is 0 Å². The first-order chi connectivity index (χ1) is 12.5. The van der Waals surface area contributed by atoms with Crippen molar-refractivity contribution < 1.29 is 4.52 Å². The SMILES string of the molecule is Cc1cc(C)c2c(N3CCC(c4nc(C(C)C)no4)CC3)ncnc2n1. The van der Waals surface area contributed by atoms with Gasteiger partial charge in [-0.25, -0.2) is 15.0 Å². The normalized spacial score (nSPS) is 16.0. The Morgan fingerprint density at radius 1 is 1.12 bits per heavy atom. The molecule has 1 aliphatic heterocycles. The number of rotatable bonds is 3. The van der Waals surface area contributed by atoms with Crippen LogP contribution in [-0.2, 0) is 0 Å². The number of aryl methyl sites for hydroxylation is 2. The summed E-state index contributed by atoms with van der Waals surface area (Å²) in [6.45, 7) is 10.1. The lowest BCUT2D eigenvalue weighted by molar-refractivity contribution is 0.326. The second-order valence-corrected chi connectivity index (χ2v) is 7.38. The maximum atomic E-state index is 5.49. The third kappa shape index (κ3) is 3.02. The van der Waals surface area contributed by atoms with Crippen molar-refractivity contribution in [3.05, 3.63) is 35.4 Å². The topological polar surface area (TPSA) is 80.8 Å². The van der Waals surface area contributed by atoms with Crippen LogP contribution < -0.4 is 4.90 Å². The van der Waals surface area contributed by atoms with Crippen molar-refractivity contribution in [3.63, 3.8) is 0 Å². The fourth-order valence-corrected chi connectivity index (χ4v) is 3.62. The van der Waals surface area contributed by atoms with Gasteiger partial charge >= 0.3 is 0 Å². The Morgan fingerprint density at radius 2 is 1.88 bits per heavy atom. The van der Waals surface area contributed by atoms with Gasteiger partial charge in [0.05, 0.1) is 5.39 Å². The van der Waals surface area contributed by atoms with E-state index in [1.165, 1.54) is 5.56 Å². The highest BCUT2D eigenvalue weighted by molar-refractivity contribution is 5.90. The molecule has 0 amide bonds. The van der Waals surface area contributed by atoms with Crippen LogP contribution in [0.4, 0.5) is 5.82 Å². The van der Waals surface area contributed by atoms with Gasteiger partial charge in [0.2, 0.25) is 5.89 Å². The molecule has 0 aromatic carbocycles. The van der Waals surface area contributed by atoms with E-state index in [0.29, 0.717) is 11.8 Å². The van der Waals surface area contributed by atoms with Crippen molar-refractivity contribution in [2.75, 3.05) is 18.0 Å². The van der Waals surface area contributed by atoms with E-state index in [9.17, 15) is 0 Å². The molecule has 0 spiro atoms. The standard InChI is InChI=1S/C19H24N6O/c1-11(2)16-23-19(26-24-16)14-5-7-25(8-6-14)18-15-12(3)9-13(4)22-17(15)20-10-21-18/h9-11,14H,5-8H2,1-4H3. The van der Waals surface area contributed by atoms with Crippen molar-refractivity contribution >= 4 is 16.9 Å². The Hall–Kier alpha value is -2.57. The number of anilines is 1. The Kier molecular flexibility index (Phi) is 4.30. The molecule has 1 saturated heterocycles. The summed E-state index contributed by atoms with van der Waals surface area (Å²) in [5.74, 6) is 3.15. The zero-order valence-corrected chi connectivity index (χ0v) is 15.7. The maximum Gasteiger partial charge on any atom is 0.229 e. The zero-order valence-electron chi connectivity index (χ0n) is 15.7. The average molecular weight is 352 g/mol. The second kappa shape index (κ2) is 6.63. The molecule has 0 atom stereocenters. The van der Waals surface area contributed by atoms with Gasteiger partial charge < -0.3 is 9.42 Å². The first-order valence-electron chi connectivity index (χ1n) is 9.20. The summed E-state index contributed by atoms with van der Waals surface area (Å²) in [5.41, 5.74) is 2.92. The fourth-order valence-electron chi connectivity index (χ4n) is 3.62. The summed E-state index contributed by atoms with van der Waals surface area (Å²) in [6, 6.07) is 2.09. The first-order valence-corrected chi connectivity index (χ1v) is 9.20. The van der Waals surface area contributed by atoms with Crippen LogP contribution in [-0.4, -0.2) is 38.2 Å². The van der Waals surface area contributed by atoms with E-state index < -0.39 is 0 Å². The van der Waals surface area contributed by atoms with Gasteiger partial charge in [-0.1, -0.05) is 19.0 Å². The summed E-state index contributed by atoms with van der Waals surface area (Å²) in [7, 11) is 0. The zero-order chi connectivity index (χ0) is 18.3. The van der Waals surface area contributed by atoms with Gasteiger partial charge in [0.25, 0.3) is 0 Å². The Morgan fingerprint density at radius 3 is 2.58 bits per heavy atom. The Bertz CT molecular complexity index is 927. The molecule has 0 unspecified atom stereocenters. The van der Waals surface area contributed by atoms with Crippen molar-refractivity contribution in [2.45, 2.75) is 52.4 Å². The Labute approximate surface area is 152 Å². The molecule has 26 heavy (non-hydrogen) atoms. The summed E-state index contributed by atoms with van der Waals surface area (Å²) >= 11 is 0. The molecule has 136 valence electrons. The molecule has 1 fully saturated rings. The monoisotopic (exact) mass is 352 g/mol. The van der Waals surface area contributed by atoms with Crippen molar-refractivity contribution in [3.8, 4) is 0 Å². The van der Waals surface area contributed by atoms with Crippen molar-refractivity contribution in [1.82, 2.24) is 25.1 Å². The van der Waals surface area contributed by atoms with Crippen LogP contribution in [0, 0.1) is 13.8 Å². The molecule has 0 aliphatic carbocycles. The number of fused-ring (bicyclic) bond motifs is 1. The number of piperidine rings is 1. The molecule has 7 nitrogen and oxygen atoms in total. The molecular formula is C19H24N6O. The molecular weight excluding hydrogens is 328 g/mol. The van der Waals surface area contributed by atoms with E-state index >= 15 is 0 Å². The molecule has 7 heteroatoms. The molecule has 0 saturated carbocycles. The minimum absolute atomic E-state index is 0.291. The maximum absolute atomic E-state index is 5.49. The number of hydrogen-bond acceptors (Lipinski definition) is 7. The van der Waals surface area contributed by atoms with Crippen LogP contribution >= 0.6 is 0 Å². The second-order valence-electron chi connectivity index (χ2n) is 7.38. The minimum atomic E-state index is 0.291. The van der Waals surface area contributed by atoms with E-state index in [4.69, 9.17) is 4.52 Å². The summed E-state index contributed by atoms with van der Waals surface area (Å²) < 4.78 is 5.49. The predicted octanol–water partition coefficient (Wildman–Crippen LogP) is 3.53. The lowest BCUT2D eigenvalue weighted by Gasteiger charge is -2.32. The van der Waals surface area contributed by atoms with Crippen molar-refractivity contribution in [1.29, 1.82) is 0 Å². The Balaban J connectivity index is 1.56. The lowest BCUT2D eigenvalue weighted by atomic mass is 9.96. The number of nitrogens with zero attached hydrogens (tertiary/aromatic N) is 6. The van der Waals surface area contributed by atoms with E-state index in [0.717, 1.165) is 60.2 Å². The number of pyridine rings is 1. The van der Waals surface area contributed by atoms with Gasteiger partial charge in [-0.05, 0) is 38.3 Å². The van der Waals surface area contributed by atoms with Gasteiger partial charge in [0.1, 0.15) is 12.1 Å². The molecule has 0 bridgehead atoms. The molecule has 4 rings (SSSR count). The van der Waals surface area contributed by atoms with E-state index in [1.807, 2.05) is 6.92 Å². The summed E-state index contributed by atoms with van der Waals surface area (Å²) in [4.78, 5) is 20.4. The van der Waals surface area contributed by atoms with Gasteiger partial charge in [-0.3, -0.25) is 0 Å². The summed E-state index contributed by atoms with van der Waals surface area (Å²) in [6.07, 6.45) is 3.57. The lowest BCUT2D eigenvalue weighted by Crippen LogP contribution is -2.34. The third-order valence-electron chi connectivity index (χ3n) is 5.03. The minimum Gasteiger partial charge on any atom is -0.356 e. The van der Waals surface area contributed by atoms with E-state index in [1.54, 1.807) is 6.33 Å². The van der Waals surface area contributed by atoms with Crippen LogP contribution in [0.25, 0.3) is 11.0 Å². The van der Waals surface area contributed by atoms with Gasteiger partial charge in [-0.15, -0.1) is 0 Å². The first kappa shape index (κ1) is 16.9. The molecule has 0 N–H and O–H groups in total. The van der Waals surface area contributed by atoms with Gasteiger partial charge in [0, 0.05) is 30.6 Å². The third-order valence-corrected chi connectivity index (χ3v) is 5.03. The largest absolute Gasteiger partial charge is 0.356 e. The van der Waals surface area contributed by atoms with Crippen LogP contribution in [0.1, 0.15) is 61.5 Å².